The summed E-state index contributed by atoms with van der Waals surface area (Å²) in [6.45, 7) is 4.29. The molecule has 32 heavy (non-hydrogen) atoms. The summed E-state index contributed by atoms with van der Waals surface area (Å²) in [4.78, 5) is 16.8. The summed E-state index contributed by atoms with van der Waals surface area (Å²) in [5, 5.41) is 5.78. The Morgan fingerprint density at radius 1 is 0.969 bits per heavy atom. The summed E-state index contributed by atoms with van der Waals surface area (Å²) in [5.41, 5.74) is 3.86. The van der Waals surface area contributed by atoms with E-state index in [2.05, 4.69) is 36.3 Å². The molecule has 6 heteroatoms. The van der Waals surface area contributed by atoms with Crippen molar-refractivity contribution in [1.29, 1.82) is 0 Å². The predicted octanol–water partition coefficient (Wildman–Crippen LogP) is 6.81. The molecule has 0 aliphatic heterocycles. The fourth-order valence-electron chi connectivity index (χ4n) is 3.42. The number of anilines is 1. The summed E-state index contributed by atoms with van der Waals surface area (Å²) < 4.78 is 5.67. The highest BCUT2D eigenvalue weighted by atomic mass is 35.5. The van der Waals surface area contributed by atoms with E-state index in [1.54, 1.807) is 0 Å². The summed E-state index contributed by atoms with van der Waals surface area (Å²) in [7, 11) is 0. The molecule has 0 radical (unpaired) electrons. The molecule has 1 N–H and O–H groups in total. The van der Waals surface area contributed by atoms with E-state index in [4.69, 9.17) is 16.3 Å². The Balaban J connectivity index is 1.34. The zero-order valence-electron chi connectivity index (χ0n) is 17.8. The van der Waals surface area contributed by atoms with Crippen molar-refractivity contribution in [3.8, 4) is 17.0 Å². The van der Waals surface area contributed by atoms with Crippen LogP contribution in [0.2, 0.25) is 5.02 Å². The van der Waals surface area contributed by atoms with Crippen LogP contribution in [0.25, 0.3) is 11.3 Å². The Hall–Kier alpha value is -3.15. The first-order chi connectivity index (χ1) is 15.4. The van der Waals surface area contributed by atoms with Crippen molar-refractivity contribution in [3.63, 3.8) is 0 Å². The highest BCUT2D eigenvalue weighted by Gasteiger charge is 2.22. The van der Waals surface area contributed by atoms with Crippen LogP contribution in [0.15, 0.2) is 84.2 Å². The number of hydrogen-bond acceptors (Lipinski definition) is 4. The van der Waals surface area contributed by atoms with Gasteiger partial charge in [-0.2, -0.15) is 0 Å². The topological polar surface area (TPSA) is 51.2 Å². The third-order valence-electron chi connectivity index (χ3n) is 5.34. The van der Waals surface area contributed by atoms with Gasteiger partial charge in [-0.25, -0.2) is 4.98 Å². The van der Waals surface area contributed by atoms with Gasteiger partial charge in [-0.3, -0.25) is 10.1 Å². The molecule has 3 aromatic carbocycles. The van der Waals surface area contributed by atoms with Gasteiger partial charge in [-0.15, -0.1) is 11.3 Å². The molecule has 162 valence electrons. The van der Waals surface area contributed by atoms with Crippen molar-refractivity contribution < 1.29 is 9.53 Å². The molecule has 0 saturated carbocycles. The summed E-state index contributed by atoms with van der Waals surface area (Å²) in [6, 6.07) is 25.7. The molecule has 0 aliphatic carbocycles. The maximum absolute atomic E-state index is 12.3. The van der Waals surface area contributed by atoms with Gasteiger partial charge < -0.3 is 4.74 Å². The van der Waals surface area contributed by atoms with Gasteiger partial charge in [0.1, 0.15) is 5.75 Å². The third kappa shape index (κ3) is 5.01. The van der Waals surface area contributed by atoms with E-state index in [9.17, 15) is 4.79 Å². The molecule has 0 spiro atoms. The first-order valence-electron chi connectivity index (χ1n) is 10.2. The minimum absolute atomic E-state index is 0.0948. The molecule has 1 amide bonds. The van der Waals surface area contributed by atoms with Gasteiger partial charge in [0.25, 0.3) is 5.91 Å². The van der Waals surface area contributed by atoms with Crippen molar-refractivity contribution >= 4 is 34.0 Å². The smallest absolute Gasteiger partial charge is 0.264 e. The van der Waals surface area contributed by atoms with E-state index in [1.807, 2.05) is 72.1 Å². The number of thiazole rings is 1. The molecular weight excluding hydrogens is 440 g/mol. The predicted molar refractivity (Wildman–Crippen MR) is 132 cm³/mol. The van der Waals surface area contributed by atoms with Gasteiger partial charge in [0.2, 0.25) is 0 Å². The number of carbonyl (C=O) groups is 1. The van der Waals surface area contributed by atoms with Crippen LogP contribution in [0.5, 0.6) is 5.75 Å². The second kappa shape index (κ2) is 9.55. The minimum Gasteiger partial charge on any atom is -0.484 e. The Kier molecular flexibility index (Phi) is 6.58. The van der Waals surface area contributed by atoms with Crippen LogP contribution >= 0.6 is 22.9 Å². The summed E-state index contributed by atoms with van der Waals surface area (Å²) >= 11 is 7.57. The number of halogens is 1. The average Bonchev–Trinajstić information content (AvgIpc) is 3.27. The van der Waals surface area contributed by atoms with Gasteiger partial charge >= 0.3 is 0 Å². The number of hydrogen-bond donors (Lipinski definition) is 1. The largest absolute Gasteiger partial charge is 0.484 e. The highest BCUT2D eigenvalue weighted by Crippen LogP contribution is 2.32. The number of rotatable bonds is 7. The van der Waals surface area contributed by atoms with Gasteiger partial charge in [0.15, 0.2) is 11.7 Å². The van der Waals surface area contributed by atoms with Crippen LogP contribution in [-0.2, 0) is 10.2 Å². The standard InChI is InChI=1S/C26H23ClN2O2S/c1-26(2,18-8-4-3-5-9-18)19-12-14-20(15-13-19)31-16-24(30)29-25-28-23(17-32-25)21-10-6-7-11-22(21)27/h3-15,17H,16H2,1-2H3,(H,28,29,30). The lowest BCUT2D eigenvalue weighted by atomic mass is 9.78. The number of benzene rings is 3. The van der Waals surface area contributed by atoms with E-state index >= 15 is 0 Å². The van der Waals surface area contributed by atoms with Crippen LogP contribution in [0.4, 0.5) is 5.13 Å². The Morgan fingerprint density at radius 2 is 1.62 bits per heavy atom. The van der Waals surface area contributed by atoms with E-state index in [-0.39, 0.29) is 17.9 Å². The van der Waals surface area contributed by atoms with E-state index in [1.165, 1.54) is 22.5 Å². The van der Waals surface area contributed by atoms with Gasteiger partial charge in [0.05, 0.1) is 5.69 Å². The molecule has 1 aromatic heterocycles. The van der Waals surface area contributed by atoms with Crippen LogP contribution in [-0.4, -0.2) is 17.5 Å². The lowest BCUT2D eigenvalue weighted by Crippen LogP contribution is -2.20. The zero-order valence-corrected chi connectivity index (χ0v) is 19.4. The monoisotopic (exact) mass is 462 g/mol. The number of carbonyl (C=O) groups excluding carboxylic acids is 1. The number of amides is 1. The first kappa shape index (κ1) is 22.1. The van der Waals surface area contributed by atoms with E-state index in [0.29, 0.717) is 15.9 Å². The van der Waals surface area contributed by atoms with Crippen molar-refractivity contribution in [2.45, 2.75) is 19.3 Å². The zero-order chi connectivity index (χ0) is 22.6. The van der Waals surface area contributed by atoms with Crippen LogP contribution in [0, 0.1) is 0 Å². The van der Waals surface area contributed by atoms with Crippen molar-refractivity contribution in [1.82, 2.24) is 4.98 Å². The molecule has 0 atom stereocenters. The molecule has 4 nitrogen and oxygen atoms in total. The summed E-state index contributed by atoms with van der Waals surface area (Å²) in [6.07, 6.45) is 0. The first-order valence-corrected chi connectivity index (χ1v) is 11.5. The van der Waals surface area contributed by atoms with Crippen LogP contribution in [0.1, 0.15) is 25.0 Å². The molecule has 0 unspecified atom stereocenters. The normalized spacial score (nSPS) is 11.2. The van der Waals surface area contributed by atoms with Gasteiger partial charge in [-0.1, -0.05) is 86.1 Å². The van der Waals surface area contributed by atoms with E-state index in [0.717, 1.165) is 11.3 Å². The Bertz CT molecular complexity index is 1200. The highest BCUT2D eigenvalue weighted by molar-refractivity contribution is 7.14. The van der Waals surface area contributed by atoms with Crippen molar-refractivity contribution in [2.24, 2.45) is 0 Å². The fourth-order valence-corrected chi connectivity index (χ4v) is 4.38. The molecule has 1 heterocycles. The molecule has 0 bridgehead atoms. The van der Waals surface area contributed by atoms with Crippen LogP contribution in [0.3, 0.4) is 0 Å². The molecule has 0 fully saturated rings. The molecular formula is C26H23ClN2O2S. The summed E-state index contributed by atoms with van der Waals surface area (Å²) in [5.74, 6) is 0.377. The SMILES string of the molecule is CC(C)(c1ccccc1)c1ccc(OCC(=O)Nc2nc(-c3ccccc3Cl)cs2)cc1. The minimum atomic E-state index is -0.265. The van der Waals surface area contributed by atoms with Gasteiger partial charge in [0, 0.05) is 21.4 Å². The molecule has 0 aliphatic rings. The van der Waals surface area contributed by atoms with Gasteiger partial charge in [-0.05, 0) is 29.3 Å². The van der Waals surface area contributed by atoms with Crippen molar-refractivity contribution in [2.75, 3.05) is 11.9 Å². The van der Waals surface area contributed by atoms with Crippen molar-refractivity contribution in [3.05, 3.63) is 100 Å². The van der Waals surface area contributed by atoms with E-state index < -0.39 is 0 Å². The quantitative estimate of drug-likeness (QED) is 0.328. The fraction of sp³-hybridized carbons (Fsp3) is 0.154. The number of nitrogens with zero attached hydrogens (tertiary/aromatic N) is 1. The second-order valence-corrected chi connectivity index (χ2v) is 9.14. The maximum atomic E-state index is 12.3. The lowest BCUT2D eigenvalue weighted by molar-refractivity contribution is -0.118. The Labute approximate surface area is 196 Å². The number of aromatic nitrogens is 1. The number of nitrogens with one attached hydrogen (secondary N) is 1. The molecule has 0 saturated heterocycles. The maximum Gasteiger partial charge on any atom is 0.264 e. The number of ether oxygens (including phenoxy) is 1. The Morgan fingerprint density at radius 3 is 2.34 bits per heavy atom. The second-order valence-electron chi connectivity index (χ2n) is 7.87. The third-order valence-corrected chi connectivity index (χ3v) is 6.43. The average molecular weight is 463 g/mol. The molecule has 4 aromatic rings. The lowest BCUT2D eigenvalue weighted by Gasteiger charge is -2.26. The van der Waals surface area contributed by atoms with Crippen LogP contribution < -0.4 is 10.1 Å². The molecule has 4 rings (SSSR count).